The number of rotatable bonds is 5. The molecule has 0 bridgehead atoms. The molecule has 2 aliphatic rings. The highest BCUT2D eigenvalue weighted by atomic mass is 16.3. The summed E-state index contributed by atoms with van der Waals surface area (Å²) in [6.45, 7) is 13.6. The summed E-state index contributed by atoms with van der Waals surface area (Å²) in [5.41, 5.74) is 7.83. The van der Waals surface area contributed by atoms with Gasteiger partial charge in [-0.25, -0.2) is 4.98 Å². The maximum atomic E-state index is 6.47. The first-order valence-corrected chi connectivity index (χ1v) is 14.2. The van der Waals surface area contributed by atoms with E-state index in [1.54, 1.807) is 0 Å². The van der Waals surface area contributed by atoms with Crippen LogP contribution in [0.15, 0.2) is 96.1 Å². The minimum absolute atomic E-state index is 0.0442. The van der Waals surface area contributed by atoms with E-state index in [1.807, 2.05) is 12.3 Å². The van der Waals surface area contributed by atoms with Crippen LogP contribution >= 0.6 is 0 Å². The summed E-state index contributed by atoms with van der Waals surface area (Å²) in [6, 6.07) is 26.1. The van der Waals surface area contributed by atoms with Crippen LogP contribution < -0.4 is 9.80 Å². The summed E-state index contributed by atoms with van der Waals surface area (Å²) in [5, 5.41) is 2.32. The molecule has 0 N–H and O–H groups in total. The molecule has 2 aromatic heterocycles. The first-order valence-electron chi connectivity index (χ1n) is 14.2. The molecule has 2 aliphatic heterocycles. The van der Waals surface area contributed by atoms with Crippen molar-refractivity contribution in [3.63, 3.8) is 0 Å². The van der Waals surface area contributed by atoms with Gasteiger partial charge in [0.1, 0.15) is 17.3 Å². The van der Waals surface area contributed by atoms with Crippen molar-refractivity contribution in [1.82, 2.24) is 4.98 Å². The van der Waals surface area contributed by atoms with E-state index in [0.717, 1.165) is 58.3 Å². The molecule has 0 aliphatic carbocycles. The summed E-state index contributed by atoms with van der Waals surface area (Å²) in [6.07, 6.45) is 7.06. The fraction of sp³-hybridized carbons (Fsp3) is 0.286. The number of pyridine rings is 1. The predicted molar refractivity (Wildman–Crippen MR) is 162 cm³/mol. The summed E-state index contributed by atoms with van der Waals surface area (Å²) in [7, 11) is 0. The Balaban J connectivity index is 1.55. The van der Waals surface area contributed by atoms with E-state index < -0.39 is 0 Å². The summed E-state index contributed by atoms with van der Waals surface area (Å²) >= 11 is 0. The number of benzene rings is 3. The number of aromatic nitrogens is 1. The summed E-state index contributed by atoms with van der Waals surface area (Å²) < 4.78 is 6.47. The molecule has 196 valence electrons. The van der Waals surface area contributed by atoms with Crippen molar-refractivity contribution in [2.24, 2.45) is 5.41 Å². The van der Waals surface area contributed by atoms with Crippen molar-refractivity contribution in [3.05, 3.63) is 103 Å². The second-order valence-electron chi connectivity index (χ2n) is 11.4. The standard InChI is InChI=1S/C35H35N3O/c1-6-21-35(8-3)26-15-10-11-16-28(26)38-32-29(17-13-22-36-32)37(33(38)34(35,5)7-2)27-20-19-25-24-14-9-12-18-30(24)39-31(25)23(27)4/h6,9-20,22,33H,1,7-8,21H2,2-5H3. The van der Waals surface area contributed by atoms with E-state index >= 15 is 0 Å². The van der Waals surface area contributed by atoms with Gasteiger partial charge in [-0.2, -0.15) is 0 Å². The molecule has 7 rings (SSSR count). The third kappa shape index (κ3) is 2.92. The van der Waals surface area contributed by atoms with Gasteiger partial charge in [0.2, 0.25) is 0 Å². The number of hydrogen-bond donors (Lipinski definition) is 0. The molecule has 0 radical (unpaired) electrons. The van der Waals surface area contributed by atoms with E-state index in [4.69, 9.17) is 9.40 Å². The number of fused-ring (bicyclic) bond motifs is 8. The van der Waals surface area contributed by atoms with Gasteiger partial charge in [-0.05, 0) is 68.1 Å². The Kier molecular flexibility index (Phi) is 5.22. The summed E-state index contributed by atoms with van der Waals surface area (Å²) in [5.74, 6) is 1.02. The first-order chi connectivity index (χ1) is 19.0. The smallest absolute Gasteiger partial charge is 0.158 e. The molecule has 4 heterocycles. The van der Waals surface area contributed by atoms with Gasteiger partial charge >= 0.3 is 0 Å². The van der Waals surface area contributed by atoms with Gasteiger partial charge in [0.15, 0.2) is 5.82 Å². The van der Waals surface area contributed by atoms with Gasteiger partial charge < -0.3 is 14.2 Å². The minimum Gasteiger partial charge on any atom is -0.456 e. The molecule has 0 saturated carbocycles. The zero-order valence-electron chi connectivity index (χ0n) is 23.2. The molecule has 4 nitrogen and oxygen atoms in total. The lowest BCUT2D eigenvalue weighted by molar-refractivity contribution is 0.0830. The van der Waals surface area contributed by atoms with Crippen molar-refractivity contribution >= 4 is 44.8 Å². The Morgan fingerprint density at radius 2 is 1.64 bits per heavy atom. The molecule has 0 saturated heterocycles. The SMILES string of the molecule is C=CCC1(CC)c2ccccc2N2c3ncccc3N(c3ccc4c(oc5ccccc54)c3C)C2C1(C)CC. The maximum Gasteiger partial charge on any atom is 0.158 e. The topological polar surface area (TPSA) is 32.5 Å². The third-order valence-electron chi connectivity index (χ3n) is 9.94. The number of aryl methyl sites for hydroxylation is 1. The van der Waals surface area contributed by atoms with Crippen LogP contribution in [0.1, 0.15) is 51.2 Å². The zero-order chi connectivity index (χ0) is 26.9. The molecule has 39 heavy (non-hydrogen) atoms. The van der Waals surface area contributed by atoms with Gasteiger partial charge in [-0.3, -0.25) is 0 Å². The van der Waals surface area contributed by atoms with Gasteiger partial charge in [-0.1, -0.05) is 63.2 Å². The highest BCUT2D eigenvalue weighted by Gasteiger charge is 2.62. The lowest BCUT2D eigenvalue weighted by Crippen LogP contribution is -2.63. The van der Waals surface area contributed by atoms with E-state index in [1.165, 1.54) is 16.9 Å². The van der Waals surface area contributed by atoms with Crippen molar-refractivity contribution in [2.45, 2.75) is 58.5 Å². The molecule has 5 aromatic rings. The van der Waals surface area contributed by atoms with Gasteiger partial charge in [0.05, 0.1) is 5.69 Å². The van der Waals surface area contributed by atoms with Crippen LogP contribution in [0, 0.1) is 12.3 Å². The highest BCUT2D eigenvalue weighted by Crippen LogP contribution is 2.65. The molecule has 3 atom stereocenters. The Bertz CT molecular complexity index is 1750. The Morgan fingerprint density at radius 1 is 0.872 bits per heavy atom. The van der Waals surface area contributed by atoms with Crippen LogP contribution in [0.2, 0.25) is 0 Å². The molecule has 3 unspecified atom stereocenters. The maximum absolute atomic E-state index is 6.47. The Morgan fingerprint density at radius 3 is 2.44 bits per heavy atom. The van der Waals surface area contributed by atoms with Crippen molar-refractivity contribution < 1.29 is 4.42 Å². The second kappa shape index (κ2) is 8.47. The quantitative estimate of drug-likeness (QED) is 0.219. The van der Waals surface area contributed by atoms with Gasteiger partial charge in [0, 0.05) is 44.7 Å². The number of nitrogens with zero attached hydrogens (tertiary/aromatic N) is 3. The van der Waals surface area contributed by atoms with Crippen molar-refractivity contribution in [2.75, 3.05) is 9.80 Å². The van der Waals surface area contributed by atoms with E-state index in [9.17, 15) is 0 Å². The predicted octanol–water partition coefficient (Wildman–Crippen LogP) is 9.56. The van der Waals surface area contributed by atoms with Crippen LogP contribution in [0.25, 0.3) is 21.9 Å². The van der Waals surface area contributed by atoms with E-state index in [0.29, 0.717) is 0 Å². The number of allylic oxidation sites excluding steroid dienone is 1. The molecule has 0 fully saturated rings. The Hall–Kier alpha value is -4.05. The van der Waals surface area contributed by atoms with E-state index in [-0.39, 0.29) is 17.0 Å². The van der Waals surface area contributed by atoms with Crippen LogP contribution in [-0.2, 0) is 5.41 Å². The van der Waals surface area contributed by atoms with Crippen molar-refractivity contribution in [3.8, 4) is 0 Å². The molecular weight excluding hydrogens is 478 g/mol. The highest BCUT2D eigenvalue weighted by molar-refractivity contribution is 6.07. The normalized spacial score (nSPS) is 23.6. The largest absolute Gasteiger partial charge is 0.456 e. The van der Waals surface area contributed by atoms with Gasteiger partial charge in [-0.15, -0.1) is 6.58 Å². The first kappa shape index (κ1) is 24.0. The monoisotopic (exact) mass is 513 g/mol. The third-order valence-corrected chi connectivity index (χ3v) is 9.94. The number of para-hydroxylation sites is 2. The van der Waals surface area contributed by atoms with E-state index in [2.05, 4.69) is 117 Å². The number of anilines is 4. The van der Waals surface area contributed by atoms with Crippen LogP contribution in [0.5, 0.6) is 0 Å². The fourth-order valence-corrected chi connectivity index (χ4v) is 7.87. The fourth-order valence-electron chi connectivity index (χ4n) is 7.87. The average Bonchev–Trinajstić information content (AvgIpc) is 3.53. The van der Waals surface area contributed by atoms with Crippen LogP contribution in [0.3, 0.4) is 0 Å². The molecule has 0 amide bonds. The number of hydrogen-bond acceptors (Lipinski definition) is 4. The second-order valence-corrected chi connectivity index (χ2v) is 11.4. The molecule has 0 spiro atoms. The molecule has 4 heteroatoms. The minimum atomic E-state index is -0.111. The summed E-state index contributed by atoms with van der Waals surface area (Å²) in [4.78, 5) is 10.1. The van der Waals surface area contributed by atoms with Crippen LogP contribution in [-0.4, -0.2) is 11.1 Å². The van der Waals surface area contributed by atoms with Crippen molar-refractivity contribution in [1.29, 1.82) is 0 Å². The lowest BCUT2D eigenvalue weighted by atomic mass is 9.52. The molecule has 3 aromatic carbocycles. The average molecular weight is 514 g/mol. The number of furan rings is 1. The molecular formula is C35H35N3O. The lowest BCUT2D eigenvalue weighted by Gasteiger charge is -2.60. The van der Waals surface area contributed by atoms with Crippen LogP contribution in [0.4, 0.5) is 22.9 Å². The van der Waals surface area contributed by atoms with Gasteiger partial charge in [0.25, 0.3) is 0 Å². The zero-order valence-corrected chi connectivity index (χ0v) is 23.2. The Labute approximate surface area is 230 Å².